The fourth-order valence-electron chi connectivity index (χ4n) is 11.2. The van der Waals surface area contributed by atoms with Crippen LogP contribution >= 0.6 is 0 Å². The van der Waals surface area contributed by atoms with Crippen molar-refractivity contribution in [3.05, 3.63) is 186 Å². The van der Waals surface area contributed by atoms with E-state index in [4.69, 9.17) is 0 Å². The lowest BCUT2D eigenvalue weighted by Crippen LogP contribution is -2.31. The van der Waals surface area contributed by atoms with Crippen LogP contribution in [0.1, 0.15) is 61.8 Å². The molecule has 7 aromatic carbocycles. The molecule has 3 unspecified atom stereocenters. The van der Waals surface area contributed by atoms with Gasteiger partial charge in [0.05, 0.1) is 5.69 Å². The summed E-state index contributed by atoms with van der Waals surface area (Å²) in [6.45, 7) is 4.75. The smallest absolute Gasteiger partial charge is 0.0540 e. The van der Waals surface area contributed by atoms with Gasteiger partial charge in [0.15, 0.2) is 0 Å². The van der Waals surface area contributed by atoms with Crippen molar-refractivity contribution < 1.29 is 0 Å². The minimum Gasteiger partial charge on any atom is -0.310 e. The average Bonchev–Trinajstić information content (AvgIpc) is 3.96. The highest BCUT2D eigenvalue weighted by Crippen LogP contribution is 2.66. The van der Waals surface area contributed by atoms with Crippen molar-refractivity contribution in [1.82, 2.24) is 0 Å². The zero-order valence-electron chi connectivity index (χ0n) is 30.5. The maximum atomic E-state index is 2.59. The van der Waals surface area contributed by atoms with Gasteiger partial charge in [0.2, 0.25) is 0 Å². The highest BCUT2D eigenvalue weighted by Gasteiger charge is 2.56. The first-order chi connectivity index (χ1) is 26.0. The zero-order valence-corrected chi connectivity index (χ0v) is 30.5. The largest absolute Gasteiger partial charge is 0.310 e. The van der Waals surface area contributed by atoms with E-state index in [0.29, 0.717) is 0 Å². The molecule has 2 fully saturated rings. The molecule has 0 aromatic heterocycles. The van der Waals surface area contributed by atoms with Crippen LogP contribution in [0.3, 0.4) is 0 Å². The molecule has 53 heavy (non-hydrogen) atoms. The number of nitrogens with zero attached hydrogens (tertiary/aromatic N) is 1. The second kappa shape index (κ2) is 11.4. The summed E-state index contributed by atoms with van der Waals surface area (Å²) in [7, 11) is 0. The fraction of sp³-hybridized carbons (Fsp3) is 0.192. The molecule has 3 atom stereocenters. The lowest BCUT2D eigenvalue weighted by Gasteiger charge is -2.36. The topological polar surface area (TPSA) is 3.24 Å². The van der Waals surface area contributed by atoms with Crippen molar-refractivity contribution in [2.75, 3.05) is 4.90 Å². The predicted octanol–water partition coefficient (Wildman–Crippen LogP) is 13.9. The fourth-order valence-corrected chi connectivity index (χ4v) is 11.2. The molecule has 2 saturated carbocycles. The SMILES string of the molecule is CC1(C)c2ccccc2-c2ccc(N(c3ccc(-c4ccccc4)cc3)c3ccccc3-c3ccc4c(c3)C3(CC5CCC3C5)c3ccccc3-4)cc21. The Morgan fingerprint density at radius 1 is 0.453 bits per heavy atom. The second-order valence-electron chi connectivity index (χ2n) is 16.5. The van der Waals surface area contributed by atoms with Gasteiger partial charge in [0, 0.05) is 27.8 Å². The number of rotatable bonds is 5. The summed E-state index contributed by atoms with van der Waals surface area (Å²) in [6, 6.07) is 61.8. The number of hydrogen-bond donors (Lipinski definition) is 0. The molecule has 256 valence electrons. The molecule has 0 heterocycles. The van der Waals surface area contributed by atoms with E-state index in [2.05, 4.69) is 183 Å². The molecular formula is C52H43N. The first-order valence-corrected chi connectivity index (χ1v) is 19.5. The summed E-state index contributed by atoms with van der Waals surface area (Å²) < 4.78 is 0. The number of anilines is 3. The van der Waals surface area contributed by atoms with Crippen LogP contribution in [0.15, 0.2) is 164 Å². The van der Waals surface area contributed by atoms with E-state index in [0.717, 1.165) is 17.5 Å². The number of para-hydroxylation sites is 1. The summed E-state index contributed by atoms with van der Waals surface area (Å²) in [4.78, 5) is 2.50. The normalized spacial score (nSPS) is 20.9. The van der Waals surface area contributed by atoms with Crippen LogP contribution in [-0.4, -0.2) is 0 Å². The summed E-state index contributed by atoms with van der Waals surface area (Å²) in [5, 5.41) is 0. The molecule has 7 aromatic rings. The van der Waals surface area contributed by atoms with Gasteiger partial charge in [-0.1, -0.05) is 148 Å². The van der Waals surface area contributed by atoms with Crippen LogP contribution in [0, 0.1) is 11.8 Å². The van der Waals surface area contributed by atoms with Gasteiger partial charge < -0.3 is 4.90 Å². The molecule has 0 N–H and O–H groups in total. The zero-order chi connectivity index (χ0) is 35.3. The maximum Gasteiger partial charge on any atom is 0.0540 e. The highest BCUT2D eigenvalue weighted by molar-refractivity contribution is 5.92. The molecule has 4 aliphatic carbocycles. The molecule has 0 radical (unpaired) electrons. The molecule has 11 rings (SSSR count). The maximum absolute atomic E-state index is 2.59. The summed E-state index contributed by atoms with van der Waals surface area (Å²) >= 11 is 0. The molecule has 0 saturated heterocycles. The third-order valence-electron chi connectivity index (χ3n) is 13.6. The van der Waals surface area contributed by atoms with E-state index < -0.39 is 0 Å². The van der Waals surface area contributed by atoms with Crippen LogP contribution in [0.25, 0.3) is 44.5 Å². The lowest BCUT2D eigenvalue weighted by molar-refractivity contribution is 0.327. The molecule has 1 nitrogen and oxygen atoms in total. The van der Waals surface area contributed by atoms with Gasteiger partial charge in [-0.25, -0.2) is 0 Å². The van der Waals surface area contributed by atoms with Crippen molar-refractivity contribution >= 4 is 17.1 Å². The van der Waals surface area contributed by atoms with E-state index >= 15 is 0 Å². The van der Waals surface area contributed by atoms with Crippen LogP contribution in [0.2, 0.25) is 0 Å². The first-order valence-electron chi connectivity index (χ1n) is 19.5. The Balaban J connectivity index is 1.09. The van der Waals surface area contributed by atoms with Crippen LogP contribution < -0.4 is 4.90 Å². The summed E-state index contributed by atoms with van der Waals surface area (Å²) in [6.07, 6.45) is 5.41. The third-order valence-corrected chi connectivity index (χ3v) is 13.6. The molecule has 4 aliphatic rings. The Labute approximate surface area is 313 Å². The van der Waals surface area contributed by atoms with E-state index in [1.165, 1.54) is 92.7 Å². The predicted molar refractivity (Wildman–Crippen MR) is 221 cm³/mol. The number of benzene rings is 7. The van der Waals surface area contributed by atoms with Gasteiger partial charge in [-0.05, 0) is 129 Å². The highest BCUT2D eigenvalue weighted by atomic mass is 15.1. The van der Waals surface area contributed by atoms with Crippen molar-refractivity contribution in [3.63, 3.8) is 0 Å². The summed E-state index contributed by atoms with van der Waals surface area (Å²) in [5.74, 6) is 1.58. The van der Waals surface area contributed by atoms with Crippen LogP contribution in [-0.2, 0) is 10.8 Å². The van der Waals surface area contributed by atoms with Crippen molar-refractivity contribution in [2.45, 2.75) is 50.4 Å². The van der Waals surface area contributed by atoms with Crippen LogP contribution in [0.5, 0.6) is 0 Å². The minimum atomic E-state index is -0.0890. The molecule has 0 aliphatic heterocycles. The molecular weight excluding hydrogens is 639 g/mol. The summed E-state index contributed by atoms with van der Waals surface area (Å²) in [5.41, 5.74) is 20.1. The van der Waals surface area contributed by atoms with Crippen LogP contribution in [0.4, 0.5) is 17.1 Å². The average molecular weight is 682 g/mol. The van der Waals surface area contributed by atoms with E-state index in [1.54, 1.807) is 11.1 Å². The molecule has 1 heteroatoms. The second-order valence-corrected chi connectivity index (χ2v) is 16.5. The van der Waals surface area contributed by atoms with Gasteiger partial charge >= 0.3 is 0 Å². The lowest BCUT2D eigenvalue weighted by atomic mass is 9.66. The van der Waals surface area contributed by atoms with Gasteiger partial charge in [-0.15, -0.1) is 0 Å². The quantitative estimate of drug-likeness (QED) is 0.175. The van der Waals surface area contributed by atoms with E-state index in [1.807, 2.05) is 0 Å². The van der Waals surface area contributed by atoms with Crippen molar-refractivity contribution in [1.29, 1.82) is 0 Å². The Morgan fingerprint density at radius 3 is 1.79 bits per heavy atom. The monoisotopic (exact) mass is 681 g/mol. The third kappa shape index (κ3) is 4.43. The minimum absolute atomic E-state index is 0.0890. The van der Waals surface area contributed by atoms with Gasteiger partial charge in [0.25, 0.3) is 0 Å². The Kier molecular flexibility index (Phi) is 6.66. The Hall–Kier alpha value is -5.66. The molecule has 2 bridgehead atoms. The molecule has 0 amide bonds. The Morgan fingerprint density at radius 2 is 1.04 bits per heavy atom. The number of hydrogen-bond acceptors (Lipinski definition) is 1. The standard InChI is InChI=1S/C52H43N/c1-51(2)46-17-9-6-15-42(46)44-29-27-40(32-48(44)51)53(39-25-21-36(22-26-39)35-12-4-3-5-13-35)50-19-11-8-14-41(50)37-23-28-45-43-16-7-10-18-47(43)52(49(45)31-37)33-34-20-24-38(52)30-34/h3-19,21-23,25-29,31-32,34,38H,20,24,30,33H2,1-2H3. The van der Waals surface area contributed by atoms with Gasteiger partial charge in [0.1, 0.15) is 0 Å². The van der Waals surface area contributed by atoms with Gasteiger partial charge in [-0.3, -0.25) is 0 Å². The van der Waals surface area contributed by atoms with Crippen molar-refractivity contribution in [3.8, 4) is 44.5 Å². The first kappa shape index (κ1) is 30.9. The number of fused-ring (bicyclic) bond motifs is 11. The van der Waals surface area contributed by atoms with Crippen molar-refractivity contribution in [2.24, 2.45) is 11.8 Å². The Bertz CT molecular complexity index is 2560. The van der Waals surface area contributed by atoms with E-state index in [9.17, 15) is 0 Å². The van der Waals surface area contributed by atoms with Gasteiger partial charge in [-0.2, -0.15) is 0 Å². The van der Waals surface area contributed by atoms with E-state index in [-0.39, 0.29) is 10.8 Å². The molecule has 1 spiro atoms.